The monoisotopic (exact) mass is 1160 g/mol. The van der Waals surface area contributed by atoms with Gasteiger partial charge in [-0.3, -0.25) is 29.0 Å². The zero-order valence-corrected chi connectivity index (χ0v) is 51.0. The SMILES string of the molecule is CCN(c1cc(-c2ccc(CN3CCOCC3)cc2)cc(C(=O)NCc2c(CCCN(c3cc(-c4ccc(CN5CCC(N)CC5)cc4)cc(C(=O)NCc4c(C)cc(C)[nH]c4=O)c3C)C3CCOCC3)cc(C)[nH]c2=O)c1C)C1CCOCC1. The van der Waals surface area contributed by atoms with Crippen LogP contribution in [0.2, 0.25) is 0 Å². The van der Waals surface area contributed by atoms with Crippen molar-refractivity contribution in [2.24, 2.45) is 5.73 Å². The molecule has 4 aromatic carbocycles. The summed E-state index contributed by atoms with van der Waals surface area (Å²) in [5, 5.41) is 6.35. The number of nitrogens with one attached hydrogen (secondary N) is 4. The van der Waals surface area contributed by atoms with Crippen molar-refractivity contribution < 1.29 is 23.8 Å². The maximum atomic E-state index is 14.8. The molecule has 10 rings (SSSR count). The summed E-state index contributed by atoms with van der Waals surface area (Å²) >= 11 is 0. The van der Waals surface area contributed by atoms with Gasteiger partial charge in [-0.2, -0.15) is 0 Å². The Bertz CT molecular complexity index is 3390. The summed E-state index contributed by atoms with van der Waals surface area (Å²) in [4.78, 5) is 72.4. The van der Waals surface area contributed by atoms with E-state index in [1.807, 2.05) is 58.9 Å². The van der Waals surface area contributed by atoms with Crippen molar-refractivity contribution in [3.63, 3.8) is 0 Å². The molecule has 0 atom stereocenters. The normalized spacial score (nSPS) is 16.8. The number of ether oxygens (including phenoxy) is 3. The number of anilines is 2. The van der Waals surface area contributed by atoms with Crippen LogP contribution >= 0.6 is 0 Å². The summed E-state index contributed by atoms with van der Waals surface area (Å²) in [5.41, 5.74) is 21.3. The van der Waals surface area contributed by atoms with Gasteiger partial charge in [-0.05, 0) is 198 Å². The molecule has 4 saturated heterocycles. The Kier molecular flexibility index (Phi) is 20.5. The second kappa shape index (κ2) is 28.5. The summed E-state index contributed by atoms with van der Waals surface area (Å²) in [6.07, 6.45) is 6.71. The number of aromatic nitrogens is 2. The van der Waals surface area contributed by atoms with Gasteiger partial charge < -0.3 is 50.3 Å². The number of H-pyrrole nitrogens is 2. The number of carbonyl (C=O) groups excluding carboxylic acids is 2. The zero-order valence-electron chi connectivity index (χ0n) is 51.0. The molecule has 0 bridgehead atoms. The standard InChI is InChI=1S/C69H89N9O7/c1-7-77(58-20-29-83-30-21-58)64-39-55(52-16-12-51(13-17-52)44-76-27-33-85-34-28-76)37-60(48(64)5)67(80)72-42-63-54(36-47(4)74-69(63)82)9-8-24-78(59-22-31-84-32-23-59)65-40-56(53-14-10-50(11-15-53)43-75-25-18-57(70)19-26-75)38-61(49(65)6)66(79)71-41-62-45(2)35-46(3)73-68(62)81/h10-17,35-40,57-59H,7-9,18-34,41-44,70H2,1-6H3,(H,71,79)(H,72,80)(H,73,81)(H,74,82). The van der Waals surface area contributed by atoms with Crippen molar-refractivity contribution in [3.8, 4) is 22.3 Å². The number of morpholine rings is 1. The van der Waals surface area contributed by atoms with E-state index in [0.717, 1.165) is 165 Å². The molecule has 4 fully saturated rings. The molecule has 2 amide bonds. The van der Waals surface area contributed by atoms with E-state index in [2.05, 4.69) is 108 Å². The minimum absolute atomic E-state index is 0.0543. The van der Waals surface area contributed by atoms with E-state index in [4.69, 9.17) is 19.9 Å². The predicted molar refractivity (Wildman–Crippen MR) is 339 cm³/mol. The number of hydrogen-bond donors (Lipinski definition) is 5. The highest BCUT2D eigenvalue weighted by Crippen LogP contribution is 2.37. The van der Waals surface area contributed by atoms with Crippen LogP contribution in [0.5, 0.6) is 0 Å². The molecule has 0 spiro atoms. The lowest BCUT2D eigenvalue weighted by Crippen LogP contribution is -2.41. The molecule has 0 radical (unpaired) electrons. The van der Waals surface area contributed by atoms with Crippen molar-refractivity contribution in [1.29, 1.82) is 0 Å². The van der Waals surface area contributed by atoms with Gasteiger partial charge in [0.2, 0.25) is 0 Å². The van der Waals surface area contributed by atoms with Crippen LogP contribution in [-0.4, -0.2) is 129 Å². The zero-order chi connectivity index (χ0) is 59.6. The fraction of sp³-hybridized carbons (Fsp3) is 0.478. The van der Waals surface area contributed by atoms with Crippen LogP contribution in [0, 0.1) is 34.6 Å². The molecule has 2 aromatic heterocycles. The molecule has 6 heterocycles. The van der Waals surface area contributed by atoms with Crippen molar-refractivity contribution in [1.82, 2.24) is 30.4 Å². The average molecular weight is 1160 g/mol. The number of nitrogens with two attached hydrogens (primary N) is 1. The highest BCUT2D eigenvalue weighted by Gasteiger charge is 2.29. The number of hydrogen-bond acceptors (Lipinski definition) is 12. The molecule has 0 unspecified atom stereocenters. The lowest BCUT2D eigenvalue weighted by molar-refractivity contribution is 0.0342. The molecule has 4 aliphatic heterocycles. The van der Waals surface area contributed by atoms with Crippen molar-refractivity contribution >= 4 is 23.2 Å². The van der Waals surface area contributed by atoms with Gasteiger partial charge in [0.1, 0.15) is 0 Å². The number of aryl methyl sites for hydroxylation is 4. The molecule has 0 saturated carbocycles. The number of piperidine rings is 1. The van der Waals surface area contributed by atoms with Crippen LogP contribution in [0.1, 0.15) is 128 Å². The predicted octanol–water partition coefficient (Wildman–Crippen LogP) is 9.18. The van der Waals surface area contributed by atoms with Crippen LogP contribution in [0.4, 0.5) is 11.4 Å². The van der Waals surface area contributed by atoms with E-state index in [-0.39, 0.29) is 54.1 Å². The van der Waals surface area contributed by atoms with Crippen LogP contribution in [-0.2, 0) is 46.8 Å². The van der Waals surface area contributed by atoms with Crippen LogP contribution in [0.15, 0.2) is 94.5 Å². The van der Waals surface area contributed by atoms with Crippen LogP contribution < -0.4 is 37.3 Å². The Hall–Kier alpha value is -6.92. The largest absolute Gasteiger partial charge is 0.381 e. The molecule has 0 aliphatic carbocycles. The molecular formula is C69H89N9O7. The van der Waals surface area contributed by atoms with Crippen molar-refractivity contribution in [3.05, 3.63) is 173 Å². The van der Waals surface area contributed by atoms with E-state index in [9.17, 15) is 19.2 Å². The number of pyridine rings is 2. The first kappa shape index (κ1) is 61.2. The number of carbonyl (C=O) groups is 2. The Labute approximate surface area is 501 Å². The molecule has 16 nitrogen and oxygen atoms in total. The second-order valence-electron chi connectivity index (χ2n) is 24.1. The molecule has 85 heavy (non-hydrogen) atoms. The van der Waals surface area contributed by atoms with E-state index < -0.39 is 0 Å². The van der Waals surface area contributed by atoms with Crippen molar-refractivity contribution in [2.75, 3.05) is 88.7 Å². The van der Waals surface area contributed by atoms with Gasteiger partial charge in [-0.1, -0.05) is 48.5 Å². The van der Waals surface area contributed by atoms with Crippen molar-refractivity contribution in [2.45, 2.75) is 137 Å². The summed E-state index contributed by atoms with van der Waals surface area (Å²) in [6, 6.07) is 30.5. The molecule has 452 valence electrons. The van der Waals surface area contributed by atoms with Gasteiger partial charge >= 0.3 is 0 Å². The Balaban J connectivity index is 0.919. The van der Waals surface area contributed by atoms with Crippen LogP contribution in [0.25, 0.3) is 22.3 Å². The second-order valence-corrected chi connectivity index (χ2v) is 24.1. The molecular weight excluding hydrogens is 1070 g/mol. The number of likely N-dealkylation sites (tertiary alicyclic amines) is 1. The Morgan fingerprint density at radius 1 is 0.565 bits per heavy atom. The topological polar surface area (TPSA) is 191 Å². The molecule has 6 aromatic rings. The third-order valence-corrected chi connectivity index (χ3v) is 18.1. The van der Waals surface area contributed by atoms with E-state index in [1.54, 1.807) is 0 Å². The third kappa shape index (κ3) is 15.2. The molecule has 6 N–H and O–H groups in total. The number of amides is 2. The fourth-order valence-corrected chi connectivity index (χ4v) is 13.2. The summed E-state index contributed by atoms with van der Waals surface area (Å²) < 4.78 is 17.3. The average Bonchev–Trinajstić information content (AvgIpc) is 3.56. The molecule has 4 aliphatic rings. The lowest BCUT2D eigenvalue weighted by Gasteiger charge is -2.38. The highest BCUT2D eigenvalue weighted by atomic mass is 16.5. The summed E-state index contributed by atoms with van der Waals surface area (Å²) in [5.74, 6) is -0.492. The lowest BCUT2D eigenvalue weighted by atomic mass is 9.94. The van der Waals surface area contributed by atoms with E-state index in [0.29, 0.717) is 68.1 Å². The minimum Gasteiger partial charge on any atom is -0.381 e. The first-order valence-corrected chi connectivity index (χ1v) is 31.1. The summed E-state index contributed by atoms with van der Waals surface area (Å²) in [6.45, 7) is 23.1. The van der Waals surface area contributed by atoms with Gasteiger partial charge in [0.15, 0.2) is 0 Å². The highest BCUT2D eigenvalue weighted by molar-refractivity contribution is 6.00. The van der Waals surface area contributed by atoms with E-state index >= 15 is 0 Å². The first-order valence-electron chi connectivity index (χ1n) is 31.1. The fourth-order valence-electron chi connectivity index (χ4n) is 13.2. The Morgan fingerprint density at radius 2 is 1.02 bits per heavy atom. The first-order chi connectivity index (χ1) is 41.2. The molecule has 16 heteroatoms. The van der Waals surface area contributed by atoms with Gasteiger partial charge in [0.25, 0.3) is 22.9 Å². The smallest absolute Gasteiger partial charge is 0.253 e. The van der Waals surface area contributed by atoms with Crippen LogP contribution in [0.3, 0.4) is 0 Å². The summed E-state index contributed by atoms with van der Waals surface area (Å²) in [7, 11) is 0. The van der Waals surface area contributed by atoms with Gasteiger partial charge in [0, 0.05) is 142 Å². The maximum absolute atomic E-state index is 14.8. The van der Waals surface area contributed by atoms with Gasteiger partial charge in [-0.15, -0.1) is 0 Å². The quantitative estimate of drug-likeness (QED) is 0.0460. The number of benzene rings is 4. The number of rotatable bonds is 21. The third-order valence-electron chi connectivity index (χ3n) is 18.1. The number of aromatic amines is 2. The Morgan fingerprint density at radius 3 is 1.54 bits per heavy atom. The van der Waals surface area contributed by atoms with E-state index in [1.165, 1.54) is 11.1 Å². The maximum Gasteiger partial charge on any atom is 0.253 e. The number of nitrogens with zero attached hydrogens (tertiary/aromatic N) is 4. The van der Waals surface area contributed by atoms with Gasteiger partial charge in [-0.25, -0.2) is 0 Å². The van der Waals surface area contributed by atoms with Gasteiger partial charge in [0.05, 0.1) is 13.2 Å². The minimum atomic E-state index is -0.258.